The number of sulfonamides is 1. The normalized spacial score (nSPS) is 18.9. The Morgan fingerprint density at radius 2 is 1.78 bits per heavy atom. The number of aromatic nitrogens is 5. The number of ether oxygens (including phenoxy) is 2. The number of rotatable bonds is 16. The Labute approximate surface area is 341 Å². The van der Waals surface area contributed by atoms with Crippen molar-refractivity contribution in [1.82, 2.24) is 29.8 Å². The van der Waals surface area contributed by atoms with Gasteiger partial charge in [0, 0.05) is 49.5 Å². The lowest BCUT2D eigenvalue weighted by atomic mass is 9.84. The summed E-state index contributed by atoms with van der Waals surface area (Å²) in [5.41, 5.74) is 6.90. The van der Waals surface area contributed by atoms with Gasteiger partial charge >= 0.3 is 5.97 Å². The second-order valence-electron chi connectivity index (χ2n) is 16.7. The molecule has 5 aromatic rings. The highest BCUT2D eigenvalue weighted by atomic mass is 32.2. The van der Waals surface area contributed by atoms with Crippen LogP contribution in [0.25, 0.3) is 22.4 Å². The van der Waals surface area contributed by atoms with Crippen molar-refractivity contribution in [3.63, 3.8) is 0 Å². The molecule has 3 N–H and O–H groups in total. The Kier molecular flexibility index (Phi) is 12.2. The van der Waals surface area contributed by atoms with Crippen molar-refractivity contribution >= 4 is 33.1 Å². The van der Waals surface area contributed by atoms with E-state index in [0.717, 1.165) is 84.7 Å². The fourth-order valence-electron chi connectivity index (χ4n) is 8.48. The average molecular weight is 810 g/mol. The number of aryl methyl sites for hydroxylation is 3. The lowest BCUT2D eigenvalue weighted by Gasteiger charge is -2.28. The van der Waals surface area contributed by atoms with E-state index in [1.54, 1.807) is 13.2 Å². The van der Waals surface area contributed by atoms with Crippen LogP contribution in [-0.2, 0) is 27.2 Å². The summed E-state index contributed by atoms with van der Waals surface area (Å²) in [5.74, 6) is -0.104. The number of carboxylic acids is 1. The number of aromatic carboxylic acids is 1. The molecular weight excluding hydrogens is 755 g/mol. The van der Waals surface area contributed by atoms with Gasteiger partial charge in [0.1, 0.15) is 12.1 Å². The van der Waals surface area contributed by atoms with Gasteiger partial charge in [0.25, 0.3) is 10.0 Å². The molecule has 0 amide bonds. The van der Waals surface area contributed by atoms with Crippen molar-refractivity contribution in [3.8, 4) is 17.1 Å². The molecule has 14 heteroatoms. The topological polar surface area (TPSA) is 170 Å². The zero-order valence-electron chi connectivity index (χ0n) is 34.3. The van der Waals surface area contributed by atoms with Crippen molar-refractivity contribution < 1.29 is 27.8 Å². The molecule has 58 heavy (non-hydrogen) atoms. The van der Waals surface area contributed by atoms with Gasteiger partial charge in [-0.25, -0.2) is 27.9 Å². The van der Waals surface area contributed by atoms with E-state index in [4.69, 9.17) is 19.4 Å². The second kappa shape index (κ2) is 17.1. The van der Waals surface area contributed by atoms with Gasteiger partial charge in [0.15, 0.2) is 5.65 Å². The number of hydrogen-bond donors (Lipinski definition) is 3. The predicted molar refractivity (Wildman–Crippen MR) is 224 cm³/mol. The Morgan fingerprint density at radius 1 is 1.02 bits per heavy atom. The van der Waals surface area contributed by atoms with E-state index in [1.807, 2.05) is 38.2 Å². The maximum Gasteiger partial charge on any atom is 0.335 e. The maximum absolute atomic E-state index is 13.6. The third-order valence-corrected chi connectivity index (χ3v) is 13.1. The highest BCUT2D eigenvalue weighted by molar-refractivity contribution is 7.92. The van der Waals surface area contributed by atoms with Crippen LogP contribution in [0.1, 0.15) is 104 Å². The summed E-state index contributed by atoms with van der Waals surface area (Å²) in [7, 11) is -0.441. The monoisotopic (exact) mass is 809 g/mol. The smallest absolute Gasteiger partial charge is 0.335 e. The molecule has 1 aliphatic carbocycles. The number of methoxy groups -OCH3 is 1. The minimum absolute atomic E-state index is 0.0354. The summed E-state index contributed by atoms with van der Waals surface area (Å²) in [5, 5.41) is 13.4. The Balaban J connectivity index is 1.18. The largest absolute Gasteiger partial charge is 0.478 e. The number of nitrogens with one attached hydrogen (secondary N) is 2. The summed E-state index contributed by atoms with van der Waals surface area (Å²) in [6.45, 7) is 9.50. The number of anilines is 1. The fraction of sp³-hybridized carbons (Fsp3) is 0.477. The molecule has 0 unspecified atom stereocenters. The first kappa shape index (κ1) is 41.2. The zero-order valence-corrected chi connectivity index (χ0v) is 35.1. The van der Waals surface area contributed by atoms with Gasteiger partial charge in [0.2, 0.25) is 11.8 Å². The maximum atomic E-state index is 13.6. The summed E-state index contributed by atoms with van der Waals surface area (Å²) in [6.07, 6.45) is 10.5. The SMILES string of the molecule is COCCCC(C)(C)c1cc2ncc([C@@H]3CCC[C@@H](CC4CC4)[C@H](COc4cc(-c5c(C)cccc5C)nc(NS(=O)(=O)c5cccc(C(=O)O)c5)n4)N3)nc2n1C. The van der Waals surface area contributed by atoms with Crippen LogP contribution in [0.3, 0.4) is 0 Å². The van der Waals surface area contributed by atoms with Gasteiger partial charge in [-0.2, -0.15) is 4.98 Å². The van der Waals surface area contributed by atoms with Crippen LogP contribution in [0, 0.1) is 25.7 Å². The molecule has 0 bridgehead atoms. The standard InChI is InChI=1S/C44H55N7O6S/c1-27-11-7-12-28(2)40(27)34-24-39(49-43(48-34)50-58(54,55)32-15-8-14-31(22-32)42(52)53)57-26-37-30(21-29-17-18-29)13-9-16-33(46-37)36-25-45-35-23-38(51(5)41(35)47-36)44(3,4)19-10-20-56-6/h7-8,11-12,14-15,22-25,29-30,33,37,46H,9-10,13,16-21,26H2,1-6H3,(H,52,53)(H,48,49,50)/t30-,33-,37-/m0/s1. The predicted octanol–water partition coefficient (Wildman–Crippen LogP) is 7.92. The summed E-state index contributed by atoms with van der Waals surface area (Å²) >= 11 is 0. The molecule has 1 saturated heterocycles. The van der Waals surface area contributed by atoms with E-state index in [-0.39, 0.29) is 39.8 Å². The van der Waals surface area contributed by atoms with Crippen LogP contribution in [-0.4, -0.2) is 70.4 Å². The molecule has 2 aliphatic rings. The first-order chi connectivity index (χ1) is 27.7. The molecule has 3 aromatic heterocycles. The Hall–Kier alpha value is -4.92. The molecule has 1 saturated carbocycles. The van der Waals surface area contributed by atoms with Gasteiger partial charge < -0.3 is 24.5 Å². The molecule has 4 heterocycles. The molecule has 13 nitrogen and oxygen atoms in total. The molecule has 0 radical (unpaired) electrons. The van der Waals surface area contributed by atoms with Crippen LogP contribution in [0.15, 0.2) is 65.7 Å². The molecular formula is C44H55N7O6S. The lowest BCUT2D eigenvalue weighted by Crippen LogP contribution is -2.42. The van der Waals surface area contributed by atoms with E-state index in [0.29, 0.717) is 24.1 Å². The number of carbonyl (C=O) groups is 1. The molecule has 308 valence electrons. The van der Waals surface area contributed by atoms with Crippen LogP contribution in [0.4, 0.5) is 5.95 Å². The Morgan fingerprint density at radius 3 is 2.50 bits per heavy atom. The number of fused-ring (bicyclic) bond motifs is 1. The molecule has 1 aliphatic heterocycles. The van der Waals surface area contributed by atoms with Gasteiger partial charge in [-0.1, -0.05) is 57.4 Å². The first-order valence-corrected chi connectivity index (χ1v) is 21.7. The molecule has 2 aromatic carbocycles. The second-order valence-corrected chi connectivity index (χ2v) is 18.4. The van der Waals surface area contributed by atoms with E-state index >= 15 is 0 Å². The van der Waals surface area contributed by atoms with Gasteiger partial charge in [-0.3, -0.25) is 4.98 Å². The quantitative estimate of drug-likeness (QED) is 0.0828. The summed E-state index contributed by atoms with van der Waals surface area (Å²) in [6, 6.07) is 14.9. The van der Waals surface area contributed by atoms with Crippen molar-refractivity contribution in [1.29, 1.82) is 0 Å². The highest BCUT2D eigenvalue weighted by Crippen LogP contribution is 2.40. The van der Waals surface area contributed by atoms with E-state index < -0.39 is 16.0 Å². The molecule has 7 rings (SSSR count). The first-order valence-electron chi connectivity index (χ1n) is 20.2. The van der Waals surface area contributed by atoms with Crippen molar-refractivity contribution in [2.45, 2.75) is 101 Å². The third-order valence-electron chi connectivity index (χ3n) is 11.8. The van der Waals surface area contributed by atoms with Crippen molar-refractivity contribution in [2.24, 2.45) is 18.9 Å². The van der Waals surface area contributed by atoms with Crippen molar-refractivity contribution in [3.05, 3.63) is 88.9 Å². The number of hydrogen-bond acceptors (Lipinski definition) is 10. The molecule has 3 atom stereocenters. The van der Waals surface area contributed by atoms with Crippen LogP contribution < -0.4 is 14.8 Å². The zero-order chi connectivity index (χ0) is 41.2. The minimum Gasteiger partial charge on any atom is -0.478 e. The van der Waals surface area contributed by atoms with Gasteiger partial charge in [0.05, 0.1) is 34.1 Å². The number of benzene rings is 2. The highest BCUT2D eigenvalue weighted by Gasteiger charge is 2.35. The fourth-order valence-corrected chi connectivity index (χ4v) is 9.47. The van der Waals surface area contributed by atoms with E-state index in [1.165, 1.54) is 36.7 Å². The van der Waals surface area contributed by atoms with Gasteiger partial charge in [-0.05, 0) is 93.2 Å². The van der Waals surface area contributed by atoms with Gasteiger partial charge in [-0.15, -0.1) is 0 Å². The minimum atomic E-state index is -4.26. The van der Waals surface area contributed by atoms with Crippen LogP contribution in [0.2, 0.25) is 0 Å². The summed E-state index contributed by atoms with van der Waals surface area (Å²) in [4.78, 5) is 30.8. The molecule has 0 spiro atoms. The van der Waals surface area contributed by atoms with Crippen LogP contribution in [0.5, 0.6) is 5.88 Å². The van der Waals surface area contributed by atoms with E-state index in [9.17, 15) is 18.3 Å². The average Bonchev–Trinajstić information content (AvgIpc) is 3.98. The number of nitrogens with zero attached hydrogens (tertiary/aromatic N) is 5. The number of carboxylic acid groups (broad SMARTS) is 1. The lowest BCUT2D eigenvalue weighted by molar-refractivity contribution is 0.0696. The van der Waals surface area contributed by atoms with E-state index in [2.05, 4.69) is 51.5 Å². The Bertz CT molecular complexity index is 2370. The third kappa shape index (κ3) is 9.35. The summed E-state index contributed by atoms with van der Waals surface area (Å²) < 4.78 is 43.7. The van der Waals surface area contributed by atoms with Crippen LogP contribution >= 0.6 is 0 Å². The molecule has 2 fully saturated rings. The van der Waals surface area contributed by atoms with Crippen molar-refractivity contribution in [2.75, 3.05) is 25.0 Å².